The highest BCUT2D eigenvalue weighted by molar-refractivity contribution is 5.82. The lowest BCUT2D eigenvalue weighted by Crippen LogP contribution is -2.30. The molecule has 20 heavy (non-hydrogen) atoms. The molecule has 1 N–H and O–H groups in total. The Labute approximate surface area is 122 Å². The van der Waals surface area contributed by atoms with Crippen molar-refractivity contribution in [1.82, 2.24) is 5.32 Å². The third-order valence-corrected chi connectivity index (χ3v) is 3.73. The summed E-state index contributed by atoms with van der Waals surface area (Å²) in [6.07, 6.45) is 1.08. The fraction of sp³-hybridized carbons (Fsp3) is 0.444. The van der Waals surface area contributed by atoms with Gasteiger partial charge in [-0.1, -0.05) is 50.2 Å². The molecular weight excluding hydrogens is 246 g/mol. The second kappa shape index (κ2) is 6.87. The highest BCUT2D eigenvalue weighted by atomic mass is 16.5. The van der Waals surface area contributed by atoms with Crippen LogP contribution in [-0.4, -0.2) is 20.3 Å². The van der Waals surface area contributed by atoms with Crippen molar-refractivity contribution >= 4 is 10.8 Å². The molecule has 0 bridgehead atoms. The molecule has 0 radical (unpaired) electrons. The zero-order valence-corrected chi connectivity index (χ0v) is 12.8. The summed E-state index contributed by atoms with van der Waals surface area (Å²) in [6.45, 7) is 7.30. The van der Waals surface area contributed by atoms with Gasteiger partial charge in [0.15, 0.2) is 0 Å². The van der Waals surface area contributed by atoms with Gasteiger partial charge in [0.1, 0.15) is 0 Å². The zero-order valence-electron chi connectivity index (χ0n) is 12.8. The number of fused-ring (bicyclic) bond motifs is 1. The van der Waals surface area contributed by atoms with E-state index in [0.29, 0.717) is 0 Å². The number of ether oxygens (including phenoxy) is 1. The molecular formula is C18H25NO. The van der Waals surface area contributed by atoms with E-state index in [0.717, 1.165) is 26.1 Å². The Balaban J connectivity index is 1.89. The molecule has 0 atom stereocenters. The maximum atomic E-state index is 5.16. The minimum atomic E-state index is 0.271. The Morgan fingerprint density at radius 2 is 1.80 bits per heavy atom. The monoisotopic (exact) mass is 271 g/mol. The van der Waals surface area contributed by atoms with Gasteiger partial charge in [0.25, 0.3) is 0 Å². The Morgan fingerprint density at radius 1 is 1.05 bits per heavy atom. The van der Waals surface area contributed by atoms with Gasteiger partial charge in [-0.15, -0.1) is 0 Å². The van der Waals surface area contributed by atoms with Crippen LogP contribution in [0, 0.1) is 5.41 Å². The average Bonchev–Trinajstić information content (AvgIpc) is 2.45. The summed E-state index contributed by atoms with van der Waals surface area (Å²) in [4.78, 5) is 0. The summed E-state index contributed by atoms with van der Waals surface area (Å²) in [6, 6.07) is 15.2. The van der Waals surface area contributed by atoms with Crippen LogP contribution in [0.1, 0.15) is 25.8 Å². The number of nitrogens with one attached hydrogen (secondary N) is 1. The zero-order chi connectivity index (χ0) is 14.4. The van der Waals surface area contributed by atoms with Crippen LogP contribution in [0.25, 0.3) is 10.8 Å². The van der Waals surface area contributed by atoms with Gasteiger partial charge < -0.3 is 10.1 Å². The van der Waals surface area contributed by atoms with E-state index in [4.69, 9.17) is 4.74 Å². The minimum absolute atomic E-state index is 0.271. The van der Waals surface area contributed by atoms with Gasteiger partial charge >= 0.3 is 0 Å². The largest absolute Gasteiger partial charge is 0.385 e. The predicted molar refractivity (Wildman–Crippen MR) is 85.9 cm³/mol. The number of methoxy groups -OCH3 is 1. The number of hydrogen-bond acceptors (Lipinski definition) is 2. The molecule has 0 aliphatic heterocycles. The maximum absolute atomic E-state index is 5.16. The highest BCUT2D eigenvalue weighted by Crippen LogP contribution is 2.19. The summed E-state index contributed by atoms with van der Waals surface area (Å²) in [5, 5.41) is 6.17. The summed E-state index contributed by atoms with van der Waals surface area (Å²) in [5.41, 5.74) is 1.61. The standard InChI is InChI=1S/C18H25NO/c1-18(2,10-11-20-3)14-19-13-15-8-9-16-6-4-5-7-17(16)12-15/h4-9,12,19H,10-11,13-14H2,1-3H3. The topological polar surface area (TPSA) is 21.3 Å². The first kappa shape index (κ1) is 15.0. The SMILES string of the molecule is COCCC(C)(C)CNCc1ccc2ccccc2c1. The Bertz CT molecular complexity index is 548. The maximum Gasteiger partial charge on any atom is 0.0467 e. The normalized spacial score (nSPS) is 11.9. The molecule has 2 heteroatoms. The molecule has 0 aromatic heterocycles. The lowest BCUT2D eigenvalue weighted by atomic mass is 9.89. The van der Waals surface area contributed by atoms with Crippen LogP contribution in [0.4, 0.5) is 0 Å². The molecule has 108 valence electrons. The molecule has 0 amide bonds. The van der Waals surface area contributed by atoms with E-state index >= 15 is 0 Å². The van der Waals surface area contributed by atoms with Gasteiger partial charge in [0, 0.05) is 26.8 Å². The molecule has 2 aromatic rings. The van der Waals surface area contributed by atoms with Gasteiger partial charge in [-0.05, 0) is 34.2 Å². The third-order valence-electron chi connectivity index (χ3n) is 3.73. The smallest absolute Gasteiger partial charge is 0.0467 e. The molecule has 0 saturated carbocycles. The van der Waals surface area contributed by atoms with E-state index in [1.54, 1.807) is 7.11 Å². The molecule has 0 aliphatic rings. The summed E-state index contributed by atoms with van der Waals surface area (Å²) in [7, 11) is 1.76. The van der Waals surface area contributed by atoms with Crippen LogP contribution in [-0.2, 0) is 11.3 Å². The second-order valence-corrected chi connectivity index (χ2v) is 6.19. The van der Waals surface area contributed by atoms with Crippen LogP contribution >= 0.6 is 0 Å². The van der Waals surface area contributed by atoms with Crippen LogP contribution in [0.15, 0.2) is 42.5 Å². The van der Waals surface area contributed by atoms with Crippen LogP contribution in [0.5, 0.6) is 0 Å². The van der Waals surface area contributed by atoms with E-state index in [1.807, 2.05) is 0 Å². The summed E-state index contributed by atoms with van der Waals surface area (Å²) in [5.74, 6) is 0. The number of hydrogen-bond donors (Lipinski definition) is 1. The molecule has 2 aromatic carbocycles. The number of rotatable bonds is 7. The van der Waals surface area contributed by atoms with E-state index in [2.05, 4.69) is 61.6 Å². The molecule has 0 unspecified atom stereocenters. The molecule has 0 spiro atoms. The Morgan fingerprint density at radius 3 is 2.55 bits per heavy atom. The van der Waals surface area contributed by atoms with E-state index in [1.165, 1.54) is 16.3 Å². The van der Waals surface area contributed by atoms with Crippen LogP contribution in [0.2, 0.25) is 0 Å². The van der Waals surface area contributed by atoms with E-state index < -0.39 is 0 Å². The first-order valence-electron chi connectivity index (χ1n) is 7.28. The lowest BCUT2D eigenvalue weighted by molar-refractivity contribution is 0.150. The molecule has 2 nitrogen and oxygen atoms in total. The van der Waals surface area contributed by atoms with E-state index in [-0.39, 0.29) is 5.41 Å². The van der Waals surface area contributed by atoms with Crippen molar-refractivity contribution in [3.8, 4) is 0 Å². The lowest BCUT2D eigenvalue weighted by Gasteiger charge is -2.24. The van der Waals surface area contributed by atoms with Gasteiger partial charge in [-0.25, -0.2) is 0 Å². The fourth-order valence-electron chi connectivity index (χ4n) is 2.36. The Hall–Kier alpha value is -1.38. The molecule has 0 saturated heterocycles. The van der Waals surface area contributed by atoms with E-state index in [9.17, 15) is 0 Å². The molecule has 2 rings (SSSR count). The molecule has 0 fully saturated rings. The van der Waals surface area contributed by atoms with Crippen molar-refractivity contribution in [2.75, 3.05) is 20.3 Å². The van der Waals surface area contributed by atoms with Crippen molar-refractivity contribution < 1.29 is 4.74 Å². The Kier molecular flexibility index (Phi) is 5.16. The quantitative estimate of drug-likeness (QED) is 0.822. The van der Waals surface area contributed by atoms with Gasteiger partial charge in [-0.3, -0.25) is 0 Å². The van der Waals surface area contributed by atoms with Crippen molar-refractivity contribution in [3.63, 3.8) is 0 Å². The molecule has 0 aliphatic carbocycles. The average molecular weight is 271 g/mol. The van der Waals surface area contributed by atoms with Crippen LogP contribution < -0.4 is 5.32 Å². The van der Waals surface area contributed by atoms with Gasteiger partial charge in [-0.2, -0.15) is 0 Å². The molecule has 0 heterocycles. The third kappa shape index (κ3) is 4.32. The van der Waals surface area contributed by atoms with Crippen molar-refractivity contribution in [2.24, 2.45) is 5.41 Å². The highest BCUT2D eigenvalue weighted by Gasteiger charge is 2.16. The van der Waals surface area contributed by atoms with Crippen LogP contribution in [0.3, 0.4) is 0 Å². The summed E-state index contributed by atoms with van der Waals surface area (Å²) < 4.78 is 5.16. The number of benzene rings is 2. The minimum Gasteiger partial charge on any atom is -0.385 e. The fourth-order valence-corrected chi connectivity index (χ4v) is 2.36. The van der Waals surface area contributed by atoms with Crippen molar-refractivity contribution in [1.29, 1.82) is 0 Å². The van der Waals surface area contributed by atoms with Crippen molar-refractivity contribution in [2.45, 2.75) is 26.8 Å². The first-order valence-corrected chi connectivity index (χ1v) is 7.28. The van der Waals surface area contributed by atoms with Gasteiger partial charge in [0.05, 0.1) is 0 Å². The first-order chi connectivity index (χ1) is 9.61. The van der Waals surface area contributed by atoms with Gasteiger partial charge in [0.2, 0.25) is 0 Å². The second-order valence-electron chi connectivity index (χ2n) is 6.19. The summed E-state index contributed by atoms with van der Waals surface area (Å²) >= 11 is 0. The predicted octanol–water partition coefficient (Wildman–Crippen LogP) is 3.99. The van der Waals surface area contributed by atoms with Crippen molar-refractivity contribution in [3.05, 3.63) is 48.0 Å².